The van der Waals surface area contributed by atoms with Gasteiger partial charge in [-0.2, -0.15) is 0 Å². The number of nitrogens with zero attached hydrogens (tertiary/aromatic N) is 3. The summed E-state index contributed by atoms with van der Waals surface area (Å²) in [5.41, 5.74) is 2.56. The van der Waals surface area contributed by atoms with Crippen molar-refractivity contribution in [2.24, 2.45) is 0 Å². The number of rotatable bonds is 5. The zero-order valence-electron chi connectivity index (χ0n) is 11.5. The third kappa shape index (κ3) is 3.48. The van der Waals surface area contributed by atoms with Crippen LogP contribution < -0.4 is 5.32 Å². The Kier molecular flexibility index (Phi) is 4.41. The number of methoxy groups -OCH3 is 1. The average molecular weight is 258 g/mol. The molecule has 0 unspecified atom stereocenters. The van der Waals surface area contributed by atoms with Crippen molar-refractivity contribution in [2.45, 2.75) is 20.5 Å². The van der Waals surface area contributed by atoms with Gasteiger partial charge in [-0.3, -0.25) is 0 Å². The fraction of sp³-hybridized carbons (Fsp3) is 0.357. The first-order valence-electron chi connectivity index (χ1n) is 6.27. The van der Waals surface area contributed by atoms with Crippen molar-refractivity contribution in [2.75, 3.05) is 19.0 Å². The number of aromatic nitrogens is 3. The Morgan fingerprint density at radius 2 is 2.05 bits per heavy atom. The lowest BCUT2D eigenvalue weighted by Gasteiger charge is -2.08. The van der Waals surface area contributed by atoms with Gasteiger partial charge in [-0.25, -0.2) is 15.0 Å². The minimum absolute atomic E-state index is 0.458. The molecule has 2 aromatic rings. The number of hydrogen-bond donors (Lipinski definition) is 1. The minimum atomic E-state index is 0.458. The molecule has 0 atom stereocenters. The lowest BCUT2D eigenvalue weighted by molar-refractivity contribution is 0.181. The molecule has 0 amide bonds. The fourth-order valence-corrected chi connectivity index (χ4v) is 1.77. The first kappa shape index (κ1) is 13.4. The van der Waals surface area contributed by atoms with E-state index in [-0.39, 0.29) is 0 Å². The summed E-state index contributed by atoms with van der Waals surface area (Å²) in [5, 5.41) is 3.20. The zero-order chi connectivity index (χ0) is 13.7. The molecule has 19 heavy (non-hydrogen) atoms. The van der Waals surface area contributed by atoms with Crippen molar-refractivity contribution in [1.82, 2.24) is 15.0 Å². The third-order valence-electron chi connectivity index (χ3n) is 2.55. The maximum Gasteiger partial charge on any atom is 0.180 e. The van der Waals surface area contributed by atoms with E-state index in [1.165, 1.54) is 0 Å². The highest BCUT2D eigenvalue weighted by molar-refractivity contribution is 5.53. The van der Waals surface area contributed by atoms with Crippen LogP contribution in [0, 0.1) is 6.92 Å². The smallest absolute Gasteiger partial charge is 0.180 e. The maximum absolute atomic E-state index is 5.14. The summed E-state index contributed by atoms with van der Waals surface area (Å²) in [6, 6.07) is 7.71. The number of ether oxygens (including phenoxy) is 1. The predicted molar refractivity (Wildman–Crippen MR) is 74.9 cm³/mol. The highest BCUT2D eigenvalue weighted by atomic mass is 16.5. The normalized spacial score (nSPS) is 10.5. The topological polar surface area (TPSA) is 59.9 Å². The van der Waals surface area contributed by atoms with Crippen LogP contribution >= 0.6 is 0 Å². The molecule has 0 saturated heterocycles. The number of anilines is 1. The molecule has 1 N–H and O–H groups in total. The number of nitrogens with one attached hydrogen (secondary N) is 1. The van der Waals surface area contributed by atoms with E-state index in [1.807, 2.05) is 38.1 Å². The van der Waals surface area contributed by atoms with Gasteiger partial charge >= 0.3 is 0 Å². The second kappa shape index (κ2) is 6.24. The Labute approximate surface area is 113 Å². The van der Waals surface area contributed by atoms with Gasteiger partial charge in [0.2, 0.25) is 0 Å². The Bertz CT molecular complexity index is 533. The first-order valence-corrected chi connectivity index (χ1v) is 6.27. The third-order valence-corrected chi connectivity index (χ3v) is 2.55. The van der Waals surface area contributed by atoms with Crippen LogP contribution in [0.1, 0.15) is 18.3 Å². The molecule has 2 rings (SSSR count). The predicted octanol–water partition coefficient (Wildman–Crippen LogP) is 2.43. The fourth-order valence-electron chi connectivity index (χ4n) is 1.77. The molecule has 0 saturated carbocycles. The van der Waals surface area contributed by atoms with Crippen LogP contribution in [0.3, 0.4) is 0 Å². The van der Waals surface area contributed by atoms with Gasteiger partial charge in [0, 0.05) is 25.4 Å². The van der Waals surface area contributed by atoms with Gasteiger partial charge in [-0.15, -0.1) is 0 Å². The van der Waals surface area contributed by atoms with Gasteiger partial charge in [0.25, 0.3) is 0 Å². The highest BCUT2D eigenvalue weighted by Crippen LogP contribution is 2.16. The molecule has 0 bridgehead atoms. The largest absolute Gasteiger partial charge is 0.378 e. The molecule has 0 aromatic carbocycles. The van der Waals surface area contributed by atoms with E-state index in [0.717, 1.165) is 29.4 Å². The Balaban J connectivity index is 2.43. The number of hydrogen-bond acceptors (Lipinski definition) is 5. The van der Waals surface area contributed by atoms with Gasteiger partial charge < -0.3 is 10.1 Å². The van der Waals surface area contributed by atoms with Crippen molar-refractivity contribution >= 4 is 5.82 Å². The molecule has 2 aromatic heterocycles. The molecule has 2 heterocycles. The van der Waals surface area contributed by atoms with Crippen LogP contribution in [0.25, 0.3) is 11.5 Å². The van der Waals surface area contributed by atoms with Crippen molar-refractivity contribution in [3.05, 3.63) is 35.7 Å². The Hall–Kier alpha value is -2.01. The summed E-state index contributed by atoms with van der Waals surface area (Å²) in [6.07, 6.45) is 0. The van der Waals surface area contributed by atoms with E-state index in [4.69, 9.17) is 4.74 Å². The monoisotopic (exact) mass is 258 g/mol. The molecule has 0 fully saturated rings. The van der Waals surface area contributed by atoms with Crippen LogP contribution in [-0.2, 0) is 11.3 Å². The molecular formula is C14H18N4O. The molecule has 0 aliphatic rings. The van der Waals surface area contributed by atoms with Crippen LogP contribution in [0.15, 0.2) is 24.3 Å². The highest BCUT2D eigenvalue weighted by Gasteiger charge is 2.08. The summed E-state index contributed by atoms with van der Waals surface area (Å²) in [4.78, 5) is 13.4. The van der Waals surface area contributed by atoms with E-state index >= 15 is 0 Å². The molecule has 5 nitrogen and oxygen atoms in total. The van der Waals surface area contributed by atoms with Gasteiger partial charge in [-0.1, -0.05) is 6.07 Å². The lowest BCUT2D eigenvalue weighted by Crippen LogP contribution is -2.05. The summed E-state index contributed by atoms with van der Waals surface area (Å²) >= 11 is 0. The van der Waals surface area contributed by atoms with E-state index < -0.39 is 0 Å². The maximum atomic E-state index is 5.14. The molecule has 5 heteroatoms. The van der Waals surface area contributed by atoms with Crippen molar-refractivity contribution in [3.63, 3.8) is 0 Å². The Morgan fingerprint density at radius 3 is 2.74 bits per heavy atom. The second-order valence-electron chi connectivity index (χ2n) is 4.20. The van der Waals surface area contributed by atoms with Crippen LogP contribution in [0.4, 0.5) is 5.82 Å². The second-order valence-corrected chi connectivity index (χ2v) is 4.20. The van der Waals surface area contributed by atoms with Crippen molar-refractivity contribution in [1.29, 1.82) is 0 Å². The summed E-state index contributed by atoms with van der Waals surface area (Å²) in [5.74, 6) is 1.41. The van der Waals surface area contributed by atoms with E-state index in [9.17, 15) is 0 Å². The quantitative estimate of drug-likeness (QED) is 0.892. The standard InChI is InChI=1S/C14H18N4O/c1-4-15-13-8-11(9-19-3)17-14(18-13)12-7-5-6-10(2)16-12/h5-8H,4,9H2,1-3H3,(H,15,17,18). The summed E-state index contributed by atoms with van der Waals surface area (Å²) < 4.78 is 5.14. The van der Waals surface area contributed by atoms with Gasteiger partial charge in [0.1, 0.15) is 11.5 Å². The van der Waals surface area contributed by atoms with Crippen molar-refractivity contribution < 1.29 is 4.74 Å². The molecule has 0 aliphatic heterocycles. The molecule has 0 radical (unpaired) electrons. The lowest BCUT2D eigenvalue weighted by atomic mass is 10.3. The van der Waals surface area contributed by atoms with Crippen molar-refractivity contribution in [3.8, 4) is 11.5 Å². The number of aryl methyl sites for hydroxylation is 1. The first-order chi connectivity index (χ1) is 9.22. The molecule has 100 valence electrons. The molecular weight excluding hydrogens is 240 g/mol. The molecule has 0 spiro atoms. The van der Waals surface area contributed by atoms with Gasteiger partial charge in [-0.05, 0) is 26.0 Å². The number of pyridine rings is 1. The zero-order valence-corrected chi connectivity index (χ0v) is 11.5. The summed E-state index contributed by atoms with van der Waals surface area (Å²) in [6.45, 7) is 5.25. The van der Waals surface area contributed by atoms with E-state index in [2.05, 4.69) is 20.3 Å². The van der Waals surface area contributed by atoms with Gasteiger partial charge in [0.05, 0.1) is 12.3 Å². The van der Waals surface area contributed by atoms with Crippen LogP contribution in [0.2, 0.25) is 0 Å². The SMILES string of the molecule is CCNc1cc(COC)nc(-c2cccc(C)n2)n1. The van der Waals surface area contributed by atoms with Gasteiger partial charge in [0.15, 0.2) is 5.82 Å². The average Bonchev–Trinajstić information content (AvgIpc) is 2.39. The van der Waals surface area contributed by atoms with Crippen LogP contribution in [0.5, 0.6) is 0 Å². The van der Waals surface area contributed by atoms with E-state index in [0.29, 0.717) is 12.4 Å². The Morgan fingerprint density at radius 1 is 1.21 bits per heavy atom. The van der Waals surface area contributed by atoms with Crippen LogP contribution in [-0.4, -0.2) is 28.6 Å². The van der Waals surface area contributed by atoms with E-state index in [1.54, 1.807) is 7.11 Å². The summed E-state index contributed by atoms with van der Waals surface area (Å²) in [7, 11) is 1.65. The molecule has 0 aliphatic carbocycles. The minimum Gasteiger partial charge on any atom is -0.378 e.